The van der Waals surface area contributed by atoms with Gasteiger partial charge in [0, 0.05) is 0 Å². The van der Waals surface area contributed by atoms with Crippen LogP contribution in [0.1, 0.15) is 32.8 Å². The molecule has 1 aromatic rings. The van der Waals surface area contributed by atoms with Crippen LogP contribution < -0.4 is 15.8 Å². The average Bonchev–Trinajstić information content (AvgIpc) is 2.32. The van der Waals surface area contributed by atoms with Gasteiger partial charge in [-0.1, -0.05) is 19.9 Å². The number of aryl methyl sites for hydroxylation is 1. The van der Waals surface area contributed by atoms with Crippen molar-refractivity contribution < 1.29 is 9.53 Å². The Morgan fingerprint density at radius 3 is 2.68 bits per heavy atom. The second-order valence-corrected chi connectivity index (χ2v) is 5.16. The Hall–Kier alpha value is -1.55. The smallest absolute Gasteiger partial charge is 0.241 e. The molecule has 0 spiro atoms. The van der Waals surface area contributed by atoms with Crippen molar-refractivity contribution in [2.75, 3.05) is 11.9 Å². The Morgan fingerprint density at radius 2 is 2.11 bits per heavy atom. The van der Waals surface area contributed by atoms with Crippen LogP contribution in [0.4, 0.5) is 5.69 Å². The summed E-state index contributed by atoms with van der Waals surface area (Å²) in [6.45, 7) is 8.55. The van der Waals surface area contributed by atoms with Crippen LogP contribution in [-0.4, -0.2) is 18.6 Å². The largest absolute Gasteiger partial charge is 0.492 e. The first-order chi connectivity index (χ1) is 8.93. The number of carbonyl (C=O) groups is 1. The van der Waals surface area contributed by atoms with Crippen molar-refractivity contribution in [3.63, 3.8) is 0 Å². The summed E-state index contributed by atoms with van der Waals surface area (Å²) in [6, 6.07) is 5.20. The van der Waals surface area contributed by atoms with Gasteiger partial charge in [-0.05, 0) is 43.9 Å². The highest BCUT2D eigenvalue weighted by Gasteiger charge is 2.16. The zero-order valence-electron chi connectivity index (χ0n) is 12.2. The monoisotopic (exact) mass is 264 g/mol. The summed E-state index contributed by atoms with van der Waals surface area (Å²) in [5, 5.41) is 2.84. The second kappa shape index (κ2) is 7.14. The van der Waals surface area contributed by atoms with E-state index in [2.05, 4.69) is 5.32 Å². The standard InChI is InChI=1S/C15H24N2O2/c1-5-19-14-9-11(4)6-7-13(14)17-15(18)12(16)8-10(2)3/h6-7,9-10,12H,5,8,16H2,1-4H3,(H,17,18)/t12-/m1/s1. The molecule has 1 amide bonds. The maximum Gasteiger partial charge on any atom is 0.241 e. The van der Waals surface area contributed by atoms with E-state index in [1.54, 1.807) is 0 Å². The van der Waals surface area contributed by atoms with Crippen molar-refractivity contribution in [3.8, 4) is 5.75 Å². The first-order valence-electron chi connectivity index (χ1n) is 6.74. The highest BCUT2D eigenvalue weighted by atomic mass is 16.5. The lowest BCUT2D eigenvalue weighted by Gasteiger charge is -2.16. The van der Waals surface area contributed by atoms with E-state index >= 15 is 0 Å². The predicted molar refractivity (Wildman–Crippen MR) is 78.4 cm³/mol. The van der Waals surface area contributed by atoms with E-state index in [1.807, 2.05) is 45.9 Å². The minimum absolute atomic E-state index is 0.168. The molecule has 0 bridgehead atoms. The Kier molecular flexibility index (Phi) is 5.83. The van der Waals surface area contributed by atoms with Gasteiger partial charge in [0.15, 0.2) is 0 Å². The van der Waals surface area contributed by atoms with Gasteiger partial charge in [-0.15, -0.1) is 0 Å². The molecule has 1 aromatic carbocycles. The summed E-state index contributed by atoms with van der Waals surface area (Å²) >= 11 is 0. The molecule has 106 valence electrons. The molecule has 0 heterocycles. The molecule has 0 saturated carbocycles. The topological polar surface area (TPSA) is 64.3 Å². The van der Waals surface area contributed by atoms with E-state index in [0.29, 0.717) is 30.4 Å². The van der Waals surface area contributed by atoms with E-state index in [9.17, 15) is 4.79 Å². The molecule has 4 heteroatoms. The van der Waals surface area contributed by atoms with Gasteiger partial charge < -0.3 is 15.8 Å². The molecule has 0 saturated heterocycles. The number of nitrogens with one attached hydrogen (secondary N) is 1. The first-order valence-corrected chi connectivity index (χ1v) is 6.74. The highest BCUT2D eigenvalue weighted by molar-refractivity contribution is 5.95. The van der Waals surface area contributed by atoms with Crippen LogP contribution in [0.5, 0.6) is 5.75 Å². The van der Waals surface area contributed by atoms with Crippen LogP contribution in [0, 0.1) is 12.8 Å². The van der Waals surface area contributed by atoms with Crippen LogP contribution in [0.25, 0.3) is 0 Å². The van der Waals surface area contributed by atoms with Gasteiger partial charge >= 0.3 is 0 Å². The van der Waals surface area contributed by atoms with Crippen LogP contribution in [0.2, 0.25) is 0 Å². The second-order valence-electron chi connectivity index (χ2n) is 5.16. The van der Waals surface area contributed by atoms with Gasteiger partial charge in [0.05, 0.1) is 18.3 Å². The molecule has 4 nitrogen and oxygen atoms in total. The minimum Gasteiger partial charge on any atom is -0.492 e. The summed E-state index contributed by atoms with van der Waals surface area (Å²) in [7, 11) is 0. The van der Waals surface area contributed by atoms with Gasteiger partial charge in [0.1, 0.15) is 5.75 Å². The van der Waals surface area contributed by atoms with Crippen LogP contribution in [0.15, 0.2) is 18.2 Å². The molecule has 1 rings (SSSR count). The number of amides is 1. The fourth-order valence-corrected chi connectivity index (χ4v) is 1.85. The number of hydrogen-bond donors (Lipinski definition) is 2. The third kappa shape index (κ3) is 4.91. The molecule has 3 N–H and O–H groups in total. The third-order valence-corrected chi connectivity index (χ3v) is 2.76. The zero-order chi connectivity index (χ0) is 14.4. The van der Waals surface area contributed by atoms with Crippen molar-refractivity contribution in [2.24, 2.45) is 11.7 Å². The van der Waals surface area contributed by atoms with Crippen LogP contribution in [-0.2, 0) is 4.79 Å². The molecule has 0 aliphatic carbocycles. The molecular formula is C15H24N2O2. The molecule has 19 heavy (non-hydrogen) atoms. The number of carbonyl (C=O) groups excluding carboxylic acids is 1. The SMILES string of the molecule is CCOc1cc(C)ccc1NC(=O)[C@H](N)CC(C)C. The number of benzene rings is 1. The summed E-state index contributed by atoms with van der Waals surface area (Å²) in [6.07, 6.45) is 0.668. The number of anilines is 1. The molecule has 0 fully saturated rings. The van der Waals surface area contributed by atoms with Gasteiger partial charge in [-0.25, -0.2) is 0 Å². The van der Waals surface area contributed by atoms with E-state index in [1.165, 1.54) is 0 Å². The lowest BCUT2D eigenvalue weighted by Crippen LogP contribution is -2.36. The zero-order valence-corrected chi connectivity index (χ0v) is 12.2. The third-order valence-electron chi connectivity index (χ3n) is 2.76. The van der Waals surface area contributed by atoms with Crippen LogP contribution in [0.3, 0.4) is 0 Å². The van der Waals surface area contributed by atoms with Crippen molar-refractivity contribution >= 4 is 11.6 Å². The predicted octanol–water partition coefficient (Wildman–Crippen LogP) is 2.71. The van der Waals surface area contributed by atoms with Crippen LogP contribution >= 0.6 is 0 Å². The Balaban J connectivity index is 2.78. The van der Waals surface area contributed by atoms with Gasteiger partial charge in [-0.2, -0.15) is 0 Å². The van der Waals surface area contributed by atoms with Crippen molar-refractivity contribution in [3.05, 3.63) is 23.8 Å². The molecule has 0 aromatic heterocycles. The molecule has 0 radical (unpaired) electrons. The summed E-state index contributed by atoms with van der Waals surface area (Å²) in [5.74, 6) is 0.913. The van der Waals surface area contributed by atoms with Gasteiger partial charge in [0.25, 0.3) is 0 Å². The maximum atomic E-state index is 12.0. The van der Waals surface area contributed by atoms with E-state index in [4.69, 9.17) is 10.5 Å². The molecule has 0 aliphatic heterocycles. The Morgan fingerprint density at radius 1 is 1.42 bits per heavy atom. The molecular weight excluding hydrogens is 240 g/mol. The normalized spacial score (nSPS) is 12.3. The van der Waals surface area contributed by atoms with Gasteiger partial charge in [0.2, 0.25) is 5.91 Å². The summed E-state index contributed by atoms with van der Waals surface area (Å²) in [5.41, 5.74) is 7.64. The lowest BCUT2D eigenvalue weighted by atomic mass is 10.0. The summed E-state index contributed by atoms with van der Waals surface area (Å²) in [4.78, 5) is 12.0. The Bertz CT molecular complexity index is 430. The first kappa shape index (κ1) is 15.5. The average molecular weight is 264 g/mol. The number of rotatable bonds is 6. The van der Waals surface area contributed by atoms with E-state index < -0.39 is 6.04 Å². The lowest BCUT2D eigenvalue weighted by molar-refractivity contribution is -0.117. The van der Waals surface area contributed by atoms with Crippen molar-refractivity contribution in [1.29, 1.82) is 0 Å². The van der Waals surface area contributed by atoms with Crippen molar-refractivity contribution in [2.45, 2.75) is 40.2 Å². The fourth-order valence-electron chi connectivity index (χ4n) is 1.85. The quantitative estimate of drug-likeness (QED) is 0.830. The Labute approximate surface area is 115 Å². The maximum absolute atomic E-state index is 12.0. The minimum atomic E-state index is -0.490. The number of hydrogen-bond acceptors (Lipinski definition) is 3. The van der Waals surface area contributed by atoms with E-state index in [0.717, 1.165) is 5.56 Å². The highest BCUT2D eigenvalue weighted by Crippen LogP contribution is 2.26. The molecule has 0 aliphatic rings. The molecule has 0 unspecified atom stereocenters. The van der Waals surface area contributed by atoms with Crippen molar-refractivity contribution in [1.82, 2.24) is 0 Å². The van der Waals surface area contributed by atoms with E-state index in [-0.39, 0.29) is 5.91 Å². The molecule has 1 atom stereocenters. The number of ether oxygens (including phenoxy) is 1. The van der Waals surface area contributed by atoms with Gasteiger partial charge in [-0.3, -0.25) is 4.79 Å². The fraction of sp³-hybridized carbons (Fsp3) is 0.533. The number of nitrogens with two attached hydrogens (primary N) is 1. The summed E-state index contributed by atoms with van der Waals surface area (Å²) < 4.78 is 5.52.